The molecule has 0 fully saturated rings. The van der Waals surface area contributed by atoms with Gasteiger partial charge in [-0.15, -0.1) is 0 Å². The van der Waals surface area contributed by atoms with E-state index in [9.17, 15) is 20.0 Å². The van der Waals surface area contributed by atoms with Crippen LogP contribution < -0.4 is 10.1 Å². The molecule has 0 bridgehead atoms. The van der Waals surface area contributed by atoms with Crippen molar-refractivity contribution in [2.24, 2.45) is 0 Å². The van der Waals surface area contributed by atoms with Crippen LogP contribution in [-0.4, -0.2) is 47.5 Å². The summed E-state index contributed by atoms with van der Waals surface area (Å²) in [6, 6.07) is 3.71. The number of rotatable bonds is 11. The zero-order chi connectivity index (χ0) is 22.1. The fraction of sp³-hybridized carbons (Fsp3) is 0.524. The molecule has 30 heavy (non-hydrogen) atoms. The number of nitrogens with zero attached hydrogens (tertiary/aromatic N) is 1. The van der Waals surface area contributed by atoms with Crippen LogP contribution in [-0.2, 0) is 14.3 Å². The van der Waals surface area contributed by atoms with E-state index in [1.54, 1.807) is 18.2 Å². The second-order valence-corrected chi connectivity index (χ2v) is 6.82. The number of carbonyl (C=O) groups excluding carboxylic acids is 1. The maximum absolute atomic E-state index is 11.2. The van der Waals surface area contributed by atoms with Crippen molar-refractivity contribution >= 4 is 11.6 Å². The van der Waals surface area contributed by atoms with Gasteiger partial charge in [0.2, 0.25) is 0 Å². The smallest absolute Gasteiger partial charge is 0.270 e. The molecule has 9 heteroatoms. The van der Waals surface area contributed by atoms with Crippen LogP contribution >= 0.6 is 0 Å². The molecule has 0 saturated heterocycles. The number of ether oxygens (including phenoxy) is 3. The van der Waals surface area contributed by atoms with Crippen LogP contribution in [0.2, 0.25) is 0 Å². The van der Waals surface area contributed by atoms with Gasteiger partial charge in [0.25, 0.3) is 5.69 Å². The molecule has 0 amide bonds. The number of benzene rings is 1. The molecule has 0 spiro atoms. The first-order valence-electron chi connectivity index (χ1n) is 9.92. The van der Waals surface area contributed by atoms with Crippen molar-refractivity contribution in [2.75, 3.05) is 19.8 Å². The second kappa shape index (κ2) is 10.8. The van der Waals surface area contributed by atoms with Crippen LogP contribution in [0.15, 0.2) is 36.2 Å². The maximum atomic E-state index is 11.2. The van der Waals surface area contributed by atoms with Crippen LogP contribution in [0, 0.1) is 10.1 Å². The number of nitrogens with one attached hydrogen (secondary N) is 1. The number of nitro benzene ring substituents is 1. The third kappa shape index (κ3) is 5.18. The minimum Gasteiger partial charge on any atom is -0.494 e. The van der Waals surface area contributed by atoms with E-state index in [0.29, 0.717) is 36.5 Å². The third-order valence-corrected chi connectivity index (χ3v) is 5.19. The topological polar surface area (TPSA) is 120 Å². The summed E-state index contributed by atoms with van der Waals surface area (Å²) < 4.78 is 17.0. The molecule has 0 saturated carbocycles. The van der Waals surface area contributed by atoms with Crippen LogP contribution in [0.5, 0.6) is 5.75 Å². The molecule has 1 aliphatic rings. The number of hydrogen-bond donors (Lipinski definition) is 2. The summed E-state index contributed by atoms with van der Waals surface area (Å²) in [6.07, 6.45) is 2.95. The van der Waals surface area contributed by atoms with Gasteiger partial charge in [-0.25, -0.2) is 4.79 Å². The minimum absolute atomic E-state index is 0.0881. The lowest BCUT2D eigenvalue weighted by Crippen LogP contribution is -2.55. The van der Waals surface area contributed by atoms with E-state index in [1.165, 1.54) is 18.2 Å². The molecule has 1 aromatic rings. The number of hydrogen-bond acceptors (Lipinski definition) is 8. The van der Waals surface area contributed by atoms with Crippen LogP contribution in [0.4, 0.5) is 5.69 Å². The maximum Gasteiger partial charge on any atom is 0.270 e. The predicted octanol–water partition coefficient (Wildman–Crippen LogP) is 2.82. The first kappa shape index (κ1) is 23.4. The molecule has 2 N–H and O–H groups in total. The molecule has 164 valence electrons. The number of nitro groups is 1. The van der Waals surface area contributed by atoms with Crippen molar-refractivity contribution in [1.29, 1.82) is 0 Å². The average Bonchev–Trinajstić information content (AvgIpc) is 2.75. The van der Waals surface area contributed by atoms with Gasteiger partial charge in [-0.3, -0.25) is 10.1 Å². The molecule has 1 aromatic carbocycles. The third-order valence-electron chi connectivity index (χ3n) is 5.19. The van der Waals surface area contributed by atoms with E-state index in [-0.39, 0.29) is 18.9 Å². The first-order chi connectivity index (χ1) is 14.4. The normalized spacial score (nSPS) is 19.8. The Labute approximate surface area is 175 Å². The molecule has 1 heterocycles. The predicted molar refractivity (Wildman–Crippen MR) is 110 cm³/mol. The SMILES string of the molecule is CCOC(=CN[C@@H]1c2cc([N+](=O)[O-])ccc2OC(CC)(CC)[C@H]1O)COCC=C=O. The summed E-state index contributed by atoms with van der Waals surface area (Å²) >= 11 is 0. The fourth-order valence-electron chi connectivity index (χ4n) is 3.48. The van der Waals surface area contributed by atoms with Gasteiger partial charge in [-0.1, -0.05) is 13.8 Å². The summed E-state index contributed by atoms with van der Waals surface area (Å²) in [5, 5.41) is 25.5. The van der Waals surface area contributed by atoms with Gasteiger partial charge in [0, 0.05) is 30.0 Å². The Bertz CT molecular complexity index is 814. The van der Waals surface area contributed by atoms with Gasteiger partial charge in [0.1, 0.15) is 35.8 Å². The standard InChI is InChI=1S/C21H28N2O7/c1-4-21(5-2)20(25)19(17-12-15(23(26)27)8-9-18(17)30-21)22-13-16(29-6-3)14-28-11-7-10-24/h7-9,12-13,19-20,22,25H,4-6,11,14H2,1-3H3/t19-,20+/m1/s1. The molecule has 0 aliphatic carbocycles. The lowest BCUT2D eigenvalue weighted by molar-refractivity contribution is -0.385. The Hall–Kier alpha value is -2.87. The Kier molecular flexibility index (Phi) is 8.41. The molecule has 2 atom stereocenters. The van der Waals surface area contributed by atoms with Crippen molar-refractivity contribution in [3.63, 3.8) is 0 Å². The molecule has 0 aromatic heterocycles. The lowest BCUT2D eigenvalue weighted by atomic mass is 9.80. The molecule has 1 aliphatic heterocycles. The van der Waals surface area contributed by atoms with Crippen molar-refractivity contribution in [3.05, 3.63) is 51.9 Å². The van der Waals surface area contributed by atoms with E-state index in [4.69, 9.17) is 14.2 Å². The van der Waals surface area contributed by atoms with Gasteiger partial charge in [0.05, 0.1) is 24.2 Å². The largest absolute Gasteiger partial charge is 0.494 e. The number of aliphatic hydroxyl groups is 1. The minimum atomic E-state index is -0.958. The van der Waals surface area contributed by atoms with E-state index in [1.807, 2.05) is 20.8 Å². The second-order valence-electron chi connectivity index (χ2n) is 6.82. The Balaban J connectivity index is 2.37. The van der Waals surface area contributed by atoms with Gasteiger partial charge in [-0.2, -0.15) is 0 Å². The highest BCUT2D eigenvalue weighted by Gasteiger charge is 2.47. The Morgan fingerprint density at radius 1 is 1.40 bits per heavy atom. The van der Waals surface area contributed by atoms with Crippen LogP contribution in [0.25, 0.3) is 0 Å². The van der Waals surface area contributed by atoms with E-state index >= 15 is 0 Å². The van der Waals surface area contributed by atoms with Crippen molar-refractivity contribution in [3.8, 4) is 5.75 Å². The summed E-state index contributed by atoms with van der Waals surface area (Å²) in [6.45, 7) is 6.27. The van der Waals surface area contributed by atoms with Crippen molar-refractivity contribution in [2.45, 2.75) is 51.4 Å². The molecule has 2 rings (SSSR count). The summed E-state index contributed by atoms with van der Waals surface area (Å²) in [5.41, 5.74) is -0.424. The quantitative estimate of drug-likeness (QED) is 0.184. The monoisotopic (exact) mass is 420 g/mol. The van der Waals surface area contributed by atoms with Gasteiger partial charge >= 0.3 is 0 Å². The van der Waals surface area contributed by atoms with E-state index in [2.05, 4.69) is 5.32 Å². The number of fused-ring (bicyclic) bond motifs is 1. The molecular weight excluding hydrogens is 392 g/mol. The average molecular weight is 420 g/mol. The highest BCUT2D eigenvalue weighted by Crippen LogP contribution is 2.44. The molecule has 0 radical (unpaired) electrons. The highest BCUT2D eigenvalue weighted by molar-refractivity contribution is 5.48. The lowest BCUT2D eigenvalue weighted by Gasteiger charge is -2.45. The Morgan fingerprint density at radius 2 is 2.13 bits per heavy atom. The van der Waals surface area contributed by atoms with E-state index in [0.717, 1.165) is 0 Å². The van der Waals surface area contributed by atoms with Crippen molar-refractivity contribution < 1.29 is 29.0 Å². The summed E-state index contributed by atoms with van der Waals surface area (Å²) in [4.78, 5) is 21.0. The zero-order valence-corrected chi connectivity index (χ0v) is 17.4. The van der Waals surface area contributed by atoms with Crippen molar-refractivity contribution in [1.82, 2.24) is 5.32 Å². The van der Waals surface area contributed by atoms with Crippen LogP contribution in [0.1, 0.15) is 45.2 Å². The first-order valence-corrected chi connectivity index (χ1v) is 9.92. The summed E-state index contributed by atoms with van der Waals surface area (Å²) in [5.74, 6) is 2.58. The molecule has 0 unspecified atom stereocenters. The van der Waals surface area contributed by atoms with Crippen LogP contribution in [0.3, 0.4) is 0 Å². The van der Waals surface area contributed by atoms with Gasteiger partial charge < -0.3 is 24.6 Å². The van der Waals surface area contributed by atoms with Gasteiger partial charge in [-0.05, 0) is 25.8 Å². The molecular formula is C21H28N2O7. The molecule has 9 nitrogen and oxygen atoms in total. The van der Waals surface area contributed by atoms with Gasteiger partial charge in [0.15, 0.2) is 0 Å². The fourth-order valence-corrected chi connectivity index (χ4v) is 3.48. The zero-order valence-electron chi connectivity index (χ0n) is 17.4. The number of aliphatic hydroxyl groups excluding tert-OH is 1. The number of non-ortho nitro benzene ring substituents is 1. The summed E-state index contributed by atoms with van der Waals surface area (Å²) in [7, 11) is 0. The van der Waals surface area contributed by atoms with E-state index < -0.39 is 22.7 Å². The Morgan fingerprint density at radius 3 is 2.73 bits per heavy atom. The highest BCUT2D eigenvalue weighted by atomic mass is 16.6.